The first-order chi connectivity index (χ1) is 10.5. The van der Waals surface area contributed by atoms with E-state index < -0.39 is 10.0 Å². The van der Waals surface area contributed by atoms with Crippen molar-refractivity contribution in [2.24, 2.45) is 0 Å². The molecule has 0 N–H and O–H groups in total. The van der Waals surface area contributed by atoms with Gasteiger partial charge in [0.05, 0.1) is 12.9 Å². The Morgan fingerprint density at radius 3 is 2.55 bits per heavy atom. The largest absolute Gasteiger partial charge is 0.497 e. The van der Waals surface area contributed by atoms with Crippen LogP contribution in [0.3, 0.4) is 0 Å². The fraction of sp³-hybridized carbons (Fsp3) is 0.625. The topological polar surface area (TPSA) is 49.9 Å². The molecule has 0 spiro atoms. The maximum atomic E-state index is 12.2. The van der Waals surface area contributed by atoms with Crippen LogP contribution in [-0.4, -0.2) is 56.7 Å². The van der Waals surface area contributed by atoms with Gasteiger partial charge in [0.1, 0.15) is 5.75 Å². The first kappa shape index (κ1) is 17.2. The molecular formula is C16H26N2O3S. The van der Waals surface area contributed by atoms with Crippen LogP contribution in [0.2, 0.25) is 0 Å². The molecule has 0 atom stereocenters. The number of rotatable bonds is 7. The summed E-state index contributed by atoms with van der Waals surface area (Å²) in [5.41, 5.74) is 1.20. The minimum atomic E-state index is -3.07. The molecule has 6 heteroatoms. The molecule has 0 aromatic heterocycles. The predicted molar refractivity (Wildman–Crippen MR) is 88.5 cm³/mol. The average molecular weight is 326 g/mol. The van der Waals surface area contributed by atoms with Crippen molar-refractivity contribution in [2.75, 3.05) is 39.0 Å². The summed E-state index contributed by atoms with van der Waals surface area (Å²) in [4.78, 5) is 2.29. The number of hydrogen-bond acceptors (Lipinski definition) is 4. The number of benzene rings is 1. The number of ether oxygens (including phenoxy) is 1. The van der Waals surface area contributed by atoms with Gasteiger partial charge >= 0.3 is 0 Å². The Morgan fingerprint density at radius 2 is 1.91 bits per heavy atom. The molecule has 0 amide bonds. The standard InChI is InChI=1S/C16H26N2O3S/c1-3-4-12-22(19,20)18-10-8-17(9-11-18)14-15-6-5-7-16(13-15)21-2/h5-7,13H,3-4,8-12,14H2,1-2H3. The molecule has 1 aromatic rings. The van der Waals surface area contributed by atoms with Gasteiger partial charge in [0.2, 0.25) is 10.0 Å². The number of unbranched alkanes of at least 4 members (excludes halogenated alkanes) is 1. The Hall–Kier alpha value is -1.11. The van der Waals surface area contributed by atoms with E-state index in [2.05, 4.69) is 11.0 Å². The van der Waals surface area contributed by atoms with Gasteiger partial charge in [0.25, 0.3) is 0 Å². The third kappa shape index (κ3) is 4.69. The quantitative estimate of drug-likeness (QED) is 0.768. The number of piperazine rings is 1. The maximum Gasteiger partial charge on any atom is 0.214 e. The van der Waals surface area contributed by atoms with Crippen molar-refractivity contribution in [1.29, 1.82) is 0 Å². The van der Waals surface area contributed by atoms with Crippen molar-refractivity contribution < 1.29 is 13.2 Å². The molecule has 0 aliphatic carbocycles. The lowest BCUT2D eigenvalue weighted by Crippen LogP contribution is -2.48. The summed E-state index contributed by atoms with van der Waals surface area (Å²) in [5, 5.41) is 0. The smallest absolute Gasteiger partial charge is 0.214 e. The molecule has 1 aromatic carbocycles. The number of methoxy groups -OCH3 is 1. The number of sulfonamides is 1. The summed E-state index contributed by atoms with van der Waals surface area (Å²) in [7, 11) is -1.40. The van der Waals surface area contributed by atoms with Gasteiger partial charge in [0.15, 0.2) is 0 Å². The summed E-state index contributed by atoms with van der Waals surface area (Å²) in [6, 6.07) is 8.03. The van der Waals surface area contributed by atoms with E-state index >= 15 is 0 Å². The van der Waals surface area contributed by atoms with Crippen LogP contribution in [0.25, 0.3) is 0 Å². The minimum Gasteiger partial charge on any atom is -0.497 e. The Labute approximate surface area is 133 Å². The van der Waals surface area contributed by atoms with Gasteiger partial charge in [-0.2, -0.15) is 4.31 Å². The lowest BCUT2D eigenvalue weighted by Gasteiger charge is -2.34. The lowest BCUT2D eigenvalue weighted by molar-refractivity contribution is 0.181. The van der Waals surface area contributed by atoms with Crippen LogP contribution in [0, 0.1) is 0 Å². The molecule has 22 heavy (non-hydrogen) atoms. The summed E-state index contributed by atoms with van der Waals surface area (Å²) >= 11 is 0. The lowest BCUT2D eigenvalue weighted by atomic mass is 10.2. The summed E-state index contributed by atoms with van der Waals surface area (Å²) in [6.45, 7) is 5.60. The van der Waals surface area contributed by atoms with E-state index in [1.165, 1.54) is 5.56 Å². The third-order valence-corrected chi connectivity index (χ3v) is 5.98. The van der Waals surface area contributed by atoms with Crippen LogP contribution < -0.4 is 4.74 Å². The van der Waals surface area contributed by atoms with Gasteiger partial charge in [0, 0.05) is 32.7 Å². The normalized spacial score (nSPS) is 17.5. The molecule has 5 nitrogen and oxygen atoms in total. The van der Waals surface area contributed by atoms with E-state index in [1.807, 2.05) is 25.1 Å². The third-order valence-electron chi connectivity index (χ3n) is 4.02. The van der Waals surface area contributed by atoms with Crippen molar-refractivity contribution in [1.82, 2.24) is 9.21 Å². The molecule has 0 bridgehead atoms. The molecule has 1 fully saturated rings. The molecule has 0 radical (unpaired) electrons. The highest BCUT2D eigenvalue weighted by Crippen LogP contribution is 2.16. The van der Waals surface area contributed by atoms with Gasteiger partial charge in [-0.05, 0) is 24.1 Å². The van der Waals surface area contributed by atoms with Gasteiger partial charge in [-0.15, -0.1) is 0 Å². The molecule has 1 aliphatic rings. The molecule has 0 unspecified atom stereocenters. The van der Waals surface area contributed by atoms with Gasteiger partial charge in [-0.25, -0.2) is 8.42 Å². The highest BCUT2D eigenvalue weighted by atomic mass is 32.2. The van der Waals surface area contributed by atoms with Crippen molar-refractivity contribution in [3.8, 4) is 5.75 Å². The Morgan fingerprint density at radius 1 is 1.18 bits per heavy atom. The molecule has 0 saturated carbocycles. The first-order valence-electron chi connectivity index (χ1n) is 7.88. The maximum absolute atomic E-state index is 12.2. The van der Waals surface area contributed by atoms with E-state index in [9.17, 15) is 8.42 Å². The van der Waals surface area contributed by atoms with E-state index in [0.717, 1.165) is 38.2 Å². The van der Waals surface area contributed by atoms with Crippen molar-refractivity contribution in [3.05, 3.63) is 29.8 Å². The van der Waals surface area contributed by atoms with Crippen molar-refractivity contribution in [2.45, 2.75) is 26.3 Å². The second kappa shape index (κ2) is 7.94. The average Bonchev–Trinajstić information content (AvgIpc) is 2.54. The number of nitrogens with zero attached hydrogens (tertiary/aromatic N) is 2. The SMILES string of the molecule is CCCCS(=O)(=O)N1CCN(Cc2cccc(OC)c2)CC1. The van der Waals surface area contributed by atoms with Crippen LogP contribution in [-0.2, 0) is 16.6 Å². The highest BCUT2D eigenvalue weighted by Gasteiger charge is 2.26. The molecule has 124 valence electrons. The fourth-order valence-electron chi connectivity index (χ4n) is 2.65. The van der Waals surface area contributed by atoms with Crippen LogP contribution in [0.4, 0.5) is 0 Å². The second-order valence-corrected chi connectivity index (χ2v) is 7.78. The van der Waals surface area contributed by atoms with Crippen LogP contribution in [0.1, 0.15) is 25.3 Å². The van der Waals surface area contributed by atoms with Crippen LogP contribution in [0.15, 0.2) is 24.3 Å². The van der Waals surface area contributed by atoms with E-state index in [0.29, 0.717) is 13.1 Å². The fourth-order valence-corrected chi connectivity index (χ4v) is 4.28. The zero-order valence-electron chi connectivity index (χ0n) is 13.5. The van der Waals surface area contributed by atoms with E-state index in [4.69, 9.17) is 4.74 Å². The van der Waals surface area contributed by atoms with Gasteiger partial charge in [-0.3, -0.25) is 4.90 Å². The summed E-state index contributed by atoms with van der Waals surface area (Å²) in [6.07, 6.45) is 1.65. The Kier molecular flexibility index (Phi) is 6.23. The van der Waals surface area contributed by atoms with E-state index in [1.54, 1.807) is 11.4 Å². The zero-order chi connectivity index (χ0) is 16.0. The predicted octanol–water partition coefficient (Wildman–Crippen LogP) is 1.94. The summed E-state index contributed by atoms with van der Waals surface area (Å²) in [5.74, 6) is 1.14. The van der Waals surface area contributed by atoms with Crippen LogP contribution >= 0.6 is 0 Å². The van der Waals surface area contributed by atoms with Gasteiger partial charge in [-0.1, -0.05) is 25.5 Å². The monoisotopic (exact) mass is 326 g/mol. The van der Waals surface area contributed by atoms with Crippen molar-refractivity contribution in [3.63, 3.8) is 0 Å². The number of hydrogen-bond donors (Lipinski definition) is 0. The zero-order valence-corrected chi connectivity index (χ0v) is 14.3. The van der Waals surface area contributed by atoms with E-state index in [-0.39, 0.29) is 5.75 Å². The van der Waals surface area contributed by atoms with Crippen LogP contribution in [0.5, 0.6) is 5.75 Å². The summed E-state index contributed by atoms with van der Waals surface area (Å²) < 4.78 is 31.2. The van der Waals surface area contributed by atoms with Gasteiger partial charge < -0.3 is 4.74 Å². The Bertz CT molecular complexity index is 567. The highest BCUT2D eigenvalue weighted by molar-refractivity contribution is 7.89. The molecule has 1 heterocycles. The molecule has 2 rings (SSSR count). The minimum absolute atomic E-state index is 0.277. The molecule has 1 saturated heterocycles. The van der Waals surface area contributed by atoms with Crippen molar-refractivity contribution >= 4 is 10.0 Å². The first-order valence-corrected chi connectivity index (χ1v) is 9.49. The second-order valence-electron chi connectivity index (χ2n) is 5.70. The molecule has 1 aliphatic heterocycles. The molecular weight excluding hydrogens is 300 g/mol. The Balaban J connectivity index is 1.86.